The van der Waals surface area contributed by atoms with Crippen LogP contribution in [-0.4, -0.2) is 0 Å². The van der Waals surface area contributed by atoms with Gasteiger partial charge in [0.05, 0.1) is 0 Å². The molecule has 4 saturated carbocycles. The fourth-order valence-corrected chi connectivity index (χ4v) is 9.23. The average molecular weight is 581 g/mol. The molecule has 0 heterocycles. The first-order valence-electron chi connectivity index (χ1n) is 17.9. The van der Waals surface area contributed by atoms with Crippen molar-refractivity contribution in [2.75, 3.05) is 0 Å². The van der Waals surface area contributed by atoms with Crippen LogP contribution in [0.5, 0.6) is 0 Å². The van der Waals surface area contributed by atoms with E-state index in [1.807, 2.05) is 0 Å². The maximum Gasteiger partial charge on any atom is -0.0162 e. The smallest absolute Gasteiger partial charge is 0.0162 e. The van der Waals surface area contributed by atoms with Gasteiger partial charge in [-0.3, -0.25) is 0 Å². The van der Waals surface area contributed by atoms with Gasteiger partial charge < -0.3 is 0 Å². The number of hydrogen-bond donors (Lipinski definition) is 0. The molecule has 0 aromatic heterocycles. The Balaban J connectivity index is 0.000000192. The first-order valence-corrected chi connectivity index (χ1v) is 17.9. The van der Waals surface area contributed by atoms with E-state index in [0.29, 0.717) is 0 Å². The van der Waals surface area contributed by atoms with Gasteiger partial charge in [-0.05, 0) is 175 Å². The first kappa shape index (κ1) is 33.8. The Morgan fingerprint density at radius 1 is 0.419 bits per heavy atom. The molecule has 4 aliphatic rings. The first-order chi connectivity index (χ1) is 20.5. The minimum Gasteiger partial charge on any atom is -0.103 e. The molecule has 2 aromatic carbocycles. The normalized spacial score (nSPS) is 32.8. The standard InChI is InChI=1S/2C21H30.CH4/c2*1-3-17-6-10-19(11-7-17)21-14-12-20(13-15-21)18-8-4-16(2)5-9-18;/h2*3-5,8-9,17,19-21H,1,6-7,10-15H2,2H3;1H4. The minimum absolute atomic E-state index is 0. The van der Waals surface area contributed by atoms with E-state index in [0.717, 1.165) is 47.3 Å². The molecule has 0 radical (unpaired) electrons. The molecule has 236 valence electrons. The van der Waals surface area contributed by atoms with Crippen LogP contribution in [0, 0.1) is 49.4 Å². The molecule has 0 unspecified atom stereocenters. The lowest BCUT2D eigenvalue weighted by Crippen LogP contribution is -2.25. The van der Waals surface area contributed by atoms with Crippen LogP contribution in [0.3, 0.4) is 0 Å². The van der Waals surface area contributed by atoms with E-state index in [2.05, 4.69) is 87.7 Å². The molecular formula is C43H64. The van der Waals surface area contributed by atoms with Gasteiger partial charge in [0.2, 0.25) is 0 Å². The molecule has 0 spiro atoms. The number of rotatable bonds is 6. The van der Waals surface area contributed by atoms with Gasteiger partial charge in [-0.15, -0.1) is 13.2 Å². The van der Waals surface area contributed by atoms with E-state index >= 15 is 0 Å². The number of benzene rings is 2. The van der Waals surface area contributed by atoms with Crippen LogP contribution in [0.2, 0.25) is 0 Å². The van der Waals surface area contributed by atoms with Crippen LogP contribution in [0.15, 0.2) is 73.8 Å². The van der Waals surface area contributed by atoms with E-state index in [-0.39, 0.29) is 7.43 Å². The van der Waals surface area contributed by atoms with Crippen LogP contribution in [0.1, 0.15) is 144 Å². The highest BCUT2D eigenvalue weighted by atomic mass is 14.4. The Labute approximate surface area is 266 Å². The van der Waals surface area contributed by atoms with Crippen LogP contribution < -0.4 is 0 Å². The average Bonchev–Trinajstić information content (AvgIpc) is 3.06. The van der Waals surface area contributed by atoms with Gasteiger partial charge in [-0.25, -0.2) is 0 Å². The second kappa shape index (κ2) is 16.8. The SMILES string of the molecule is C.C=CC1CCC(C2CCC(c3ccc(C)cc3)CC2)CC1.C=CC1CCC(C2CCC(c3ccc(C)cc3)CC2)CC1. The highest BCUT2D eigenvalue weighted by molar-refractivity contribution is 5.26. The Morgan fingerprint density at radius 3 is 0.930 bits per heavy atom. The summed E-state index contributed by atoms with van der Waals surface area (Å²) in [5.74, 6) is 7.32. The second-order valence-corrected chi connectivity index (χ2v) is 14.9. The summed E-state index contributed by atoms with van der Waals surface area (Å²) in [7, 11) is 0. The fraction of sp³-hybridized carbons (Fsp3) is 0.628. The van der Waals surface area contributed by atoms with Crippen molar-refractivity contribution in [1.82, 2.24) is 0 Å². The molecule has 2 aromatic rings. The highest BCUT2D eigenvalue weighted by Crippen LogP contribution is 2.45. The topological polar surface area (TPSA) is 0 Å². The molecule has 0 bridgehead atoms. The third-order valence-corrected chi connectivity index (χ3v) is 12.3. The van der Waals surface area contributed by atoms with Gasteiger partial charge in [0.15, 0.2) is 0 Å². The predicted octanol–water partition coefficient (Wildman–Crippen LogP) is 13.2. The van der Waals surface area contributed by atoms with Gasteiger partial charge in [0, 0.05) is 0 Å². The zero-order valence-corrected chi connectivity index (χ0v) is 27.1. The molecule has 0 atom stereocenters. The molecule has 0 heteroatoms. The molecule has 4 fully saturated rings. The van der Waals surface area contributed by atoms with Gasteiger partial charge >= 0.3 is 0 Å². The Hall–Kier alpha value is -2.08. The molecule has 43 heavy (non-hydrogen) atoms. The zero-order valence-electron chi connectivity index (χ0n) is 27.1. The van der Waals surface area contributed by atoms with Crippen molar-refractivity contribution in [3.8, 4) is 0 Å². The summed E-state index contributed by atoms with van der Waals surface area (Å²) in [5.41, 5.74) is 5.92. The van der Waals surface area contributed by atoms with Crippen molar-refractivity contribution in [1.29, 1.82) is 0 Å². The third-order valence-electron chi connectivity index (χ3n) is 12.3. The summed E-state index contributed by atoms with van der Waals surface area (Å²) in [5, 5.41) is 0. The van der Waals surface area contributed by atoms with Crippen LogP contribution >= 0.6 is 0 Å². The van der Waals surface area contributed by atoms with Crippen molar-refractivity contribution in [2.24, 2.45) is 35.5 Å². The fourth-order valence-electron chi connectivity index (χ4n) is 9.23. The summed E-state index contributed by atoms with van der Waals surface area (Å²) >= 11 is 0. The molecular weight excluding hydrogens is 516 g/mol. The van der Waals surface area contributed by atoms with E-state index < -0.39 is 0 Å². The summed E-state index contributed by atoms with van der Waals surface area (Å²) in [6.45, 7) is 12.3. The lowest BCUT2D eigenvalue weighted by atomic mass is 9.68. The molecule has 0 nitrogen and oxygen atoms in total. The van der Waals surface area contributed by atoms with Crippen molar-refractivity contribution in [3.05, 3.63) is 96.1 Å². The quantitative estimate of drug-likeness (QED) is 0.298. The van der Waals surface area contributed by atoms with E-state index in [4.69, 9.17) is 0 Å². The van der Waals surface area contributed by atoms with Crippen molar-refractivity contribution >= 4 is 0 Å². The zero-order chi connectivity index (χ0) is 29.3. The molecule has 0 N–H and O–H groups in total. The van der Waals surface area contributed by atoms with Crippen LogP contribution in [-0.2, 0) is 0 Å². The number of aryl methyl sites for hydroxylation is 2. The molecule has 4 aliphatic carbocycles. The van der Waals surface area contributed by atoms with Gasteiger partial charge in [-0.2, -0.15) is 0 Å². The second-order valence-electron chi connectivity index (χ2n) is 14.9. The highest BCUT2D eigenvalue weighted by Gasteiger charge is 2.32. The van der Waals surface area contributed by atoms with Gasteiger partial charge in [0.1, 0.15) is 0 Å². The van der Waals surface area contributed by atoms with Crippen LogP contribution in [0.4, 0.5) is 0 Å². The largest absolute Gasteiger partial charge is 0.103 e. The molecule has 0 aliphatic heterocycles. The predicted molar refractivity (Wildman–Crippen MR) is 190 cm³/mol. The lowest BCUT2D eigenvalue weighted by Gasteiger charge is -2.37. The summed E-state index contributed by atoms with van der Waals surface area (Å²) in [6, 6.07) is 18.5. The Kier molecular flexibility index (Phi) is 13.2. The van der Waals surface area contributed by atoms with Crippen molar-refractivity contribution < 1.29 is 0 Å². The summed E-state index contributed by atoms with van der Waals surface area (Å²) < 4.78 is 0. The van der Waals surface area contributed by atoms with Crippen molar-refractivity contribution in [3.63, 3.8) is 0 Å². The minimum atomic E-state index is 0. The summed E-state index contributed by atoms with van der Waals surface area (Å²) in [4.78, 5) is 0. The number of hydrogen-bond acceptors (Lipinski definition) is 0. The molecule has 0 amide bonds. The molecule has 0 saturated heterocycles. The Bertz CT molecular complexity index is 968. The van der Waals surface area contributed by atoms with E-state index in [9.17, 15) is 0 Å². The lowest BCUT2D eigenvalue weighted by molar-refractivity contribution is 0.171. The number of allylic oxidation sites excluding steroid dienone is 2. The van der Waals surface area contributed by atoms with E-state index in [1.54, 1.807) is 11.1 Å². The van der Waals surface area contributed by atoms with Crippen LogP contribution in [0.25, 0.3) is 0 Å². The maximum atomic E-state index is 3.97. The van der Waals surface area contributed by atoms with Crippen molar-refractivity contribution in [2.45, 2.75) is 136 Å². The maximum absolute atomic E-state index is 3.97. The Morgan fingerprint density at radius 2 is 0.674 bits per heavy atom. The summed E-state index contributed by atoms with van der Waals surface area (Å²) in [6.07, 6.45) is 27.3. The van der Waals surface area contributed by atoms with Gasteiger partial charge in [0.25, 0.3) is 0 Å². The third kappa shape index (κ3) is 9.45. The van der Waals surface area contributed by atoms with E-state index in [1.165, 1.54) is 114 Å². The molecule has 6 rings (SSSR count). The van der Waals surface area contributed by atoms with Gasteiger partial charge in [-0.1, -0.05) is 79.2 Å². The monoisotopic (exact) mass is 581 g/mol.